The zero-order valence-corrected chi connectivity index (χ0v) is 11.9. The summed E-state index contributed by atoms with van der Waals surface area (Å²) >= 11 is 0. The van der Waals surface area contributed by atoms with Crippen LogP contribution in [0.3, 0.4) is 0 Å². The van der Waals surface area contributed by atoms with Crippen LogP contribution in [0.1, 0.15) is 5.56 Å². The Bertz CT molecular complexity index is 666. The number of aliphatic hydroxyl groups excluding tert-OH is 1. The lowest BCUT2D eigenvalue weighted by Crippen LogP contribution is -2.36. The van der Waals surface area contributed by atoms with Crippen LogP contribution in [0.25, 0.3) is 0 Å². The molecular formula is C15H17FN4O2. The fourth-order valence-electron chi connectivity index (χ4n) is 2.49. The van der Waals surface area contributed by atoms with Crippen LogP contribution in [0, 0.1) is 11.2 Å². The zero-order valence-electron chi connectivity index (χ0n) is 11.9. The molecule has 2 heterocycles. The molecule has 1 atom stereocenters. The molecule has 22 heavy (non-hydrogen) atoms. The first-order chi connectivity index (χ1) is 10.6. The van der Waals surface area contributed by atoms with E-state index in [4.69, 9.17) is 15.9 Å². The first-order valence-corrected chi connectivity index (χ1v) is 7.01. The van der Waals surface area contributed by atoms with Gasteiger partial charge in [0.05, 0.1) is 30.3 Å². The Hall–Kier alpha value is -2.25. The van der Waals surface area contributed by atoms with Gasteiger partial charge in [-0.25, -0.2) is 9.38 Å². The van der Waals surface area contributed by atoms with Crippen LogP contribution in [-0.4, -0.2) is 49.1 Å². The molecule has 0 aliphatic carbocycles. The van der Waals surface area contributed by atoms with Crippen molar-refractivity contribution in [3.05, 3.63) is 41.4 Å². The number of nitrogens with one attached hydrogen (secondary N) is 1. The smallest absolute Gasteiger partial charge is 0.190 e. The largest absolute Gasteiger partial charge is 0.397 e. The molecule has 0 bridgehead atoms. The van der Waals surface area contributed by atoms with Crippen LogP contribution in [0.5, 0.6) is 0 Å². The lowest BCUT2D eigenvalue weighted by atomic mass is 10.0. The number of ether oxygens (including phenoxy) is 1. The van der Waals surface area contributed by atoms with Gasteiger partial charge < -0.3 is 20.5 Å². The van der Waals surface area contributed by atoms with Gasteiger partial charge in [-0.05, 0) is 18.2 Å². The maximum Gasteiger partial charge on any atom is 0.190 e. The highest BCUT2D eigenvalue weighted by atomic mass is 19.1. The van der Waals surface area contributed by atoms with Crippen molar-refractivity contribution in [1.29, 1.82) is 5.41 Å². The number of dihydropyridines is 1. The van der Waals surface area contributed by atoms with Gasteiger partial charge in [-0.1, -0.05) is 6.07 Å². The van der Waals surface area contributed by atoms with Crippen LogP contribution in [0.15, 0.2) is 35.0 Å². The molecule has 0 radical (unpaired) electrons. The van der Waals surface area contributed by atoms with Gasteiger partial charge in [-0.15, -0.1) is 0 Å². The molecule has 2 aliphatic heterocycles. The van der Waals surface area contributed by atoms with Crippen LogP contribution in [0.2, 0.25) is 0 Å². The molecular weight excluding hydrogens is 287 g/mol. The van der Waals surface area contributed by atoms with E-state index in [0.717, 1.165) is 0 Å². The summed E-state index contributed by atoms with van der Waals surface area (Å²) in [6, 6.07) is 4.79. The third-order valence-corrected chi connectivity index (χ3v) is 3.72. The first-order valence-electron chi connectivity index (χ1n) is 7.01. The molecule has 6 nitrogen and oxygen atoms in total. The third kappa shape index (κ3) is 2.72. The number of rotatable bonds is 2. The van der Waals surface area contributed by atoms with Crippen molar-refractivity contribution in [1.82, 2.24) is 0 Å². The lowest BCUT2D eigenvalue weighted by molar-refractivity contribution is 0.122. The van der Waals surface area contributed by atoms with Gasteiger partial charge in [0.25, 0.3) is 0 Å². The Labute approximate surface area is 127 Å². The second kappa shape index (κ2) is 5.86. The second-order valence-electron chi connectivity index (χ2n) is 5.17. The van der Waals surface area contributed by atoms with Gasteiger partial charge in [0.2, 0.25) is 0 Å². The predicted molar refractivity (Wildman–Crippen MR) is 82.0 cm³/mol. The van der Waals surface area contributed by atoms with Gasteiger partial charge in [0.15, 0.2) is 6.23 Å². The standard InChI is InChI=1S/C15H17FN4O2/c16-10-7-9(12-8-11(17)14(18)15(21)19-12)1-2-13(10)20-3-5-22-6-4-20/h1-2,7-8,15,18,21H,3-6,17H2/t15-/m1/s1. The molecule has 116 valence electrons. The molecule has 2 aliphatic rings. The quantitative estimate of drug-likeness (QED) is 0.747. The van der Waals surface area contributed by atoms with E-state index in [1.165, 1.54) is 12.1 Å². The minimum Gasteiger partial charge on any atom is -0.397 e. The van der Waals surface area contributed by atoms with Gasteiger partial charge in [-0.3, -0.25) is 5.41 Å². The average Bonchev–Trinajstić information content (AvgIpc) is 2.53. The van der Waals surface area contributed by atoms with Gasteiger partial charge in [0.1, 0.15) is 11.5 Å². The Morgan fingerprint density at radius 3 is 2.73 bits per heavy atom. The lowest BCUT2D eigenvalue weighted by Gasteiger charge is -2.29. The molecule has 0 unspecified atom stereocenters. The fraction of sp³-hybridized carbons (Fsp3) is 0.333. The van der Waals surface area contributed by atoms with E-state index < -0.39 is 6.23 Å². The summed E-state index contributed by atoms with van der Waals surface area (Å²) in [5.41, 5.74) is 7.06. The minimum atomic E-state index is -1.30. The molecule has 0 spiro atoms. The van der Waals surface area contributed by atoms with E-state index in [-0.39, 0.29) is 17.2 Å². The Balaban J connectivity index is 1.89. The van der Waals surface area contributed by atoms with Gasteiger partial charge >= 0.3 is 0 Å². The van der Waals surface area contributed by atoms with Crippen LogP contribution < -0.4 is 10.6 Å². The Morgan fingerprint density at radius 2 is 2.09 bits per heavy atom. The van der Waals surface area contributed by atoms with E-state index in [1.807, 2.05) is 4.90 Å². The summed E-state index contributed by atoms with van der Waals surface area (Å²) in [6.07, 6.45) is 0.167. The number of hydrogen-bond acceptors (Lipinski definition) is 6. The predicted octanol–water partition coefficient (Wildman–Crippen LogP) is 0.646. The van der Waals surface area contributed by atoms with Crippen molar-refractivity contribution in [2.45, 2.75) is 6.23 Å². The number of halogens is 1. The van der Waals surface area contributed by atoms with Crippen LogP contribution in [0.4, 0.5) is 10.1 Å². The Morgan fingerprint density at radius 1 is 1.36 bits per heavy atom. The first kappa shape index (κ1) is 14.7. The molecule has 1 saturated heterocycles. The van der Waals surface area contributed by atoms with Gasteiger partial charge in [-0.2, -0.15) is 0 Å². The highest BCUT2D eigenvalue weighted by molar-refractivity contribution is 6.17. The maximum absolute atomic E-state index is 14.4. The third-order valence-electron chi connectivity index (χ3n) is 3.72. The molecule has 4 N–H and O–H groups in total. The molecule has 7 heteroatoms. The van der Waals surface area contributed by atoms with Crippen molar-refractivity contribution in [2.75, 3.05) is 31.2 Å². The Kier molecular flexibility index (Phi) is 3.91. The van der Waals surface area contributed by atoms with Crippen molar-refractivity contribution in [3.63, 3.8) is 0 Å². The highest BCUT2D eigenvalue weighted by Gasteiger charge is 2.21. The summed E-state index contributed by atoms with van der Waals surface area (Å²) in [7, 11) is 0. The summed E-state index contributed by atoms with van der Waals surface area (Å²) in [4.78, 5) is 5.89. The summed E-state index contributed by atoms with van der Waals surface area (Å²) in [5, 5.41) is 17.2. The number of benzene rings is 1. The van der Waals surface area contributed by atoms with E-state index in [1.54, 1.807) is 12.1 Å². The molecule has 1 aromatic rings. The number of anilines is 1. The van der Waals surface area contributed by atoms with Crippen LogP contribution >= 0.6 is 0 Å². The minimum absolute atomic E-state index is 0.134. The number of hydrogen-bond donors (Lipinski definition) is 3. The van der Waals surface area contributed by atoms with E-state index in [0.29, 0.717) is 43.3 Å². The number of morpholine rings is 1. The van der Waals surface area contributed by atoms with Crippen molar-refractivity contribution in [2.24, 2.45) is 10.7 Å². The molecule has 0 amide bonds. The zero-order chi connectivity index (χ0) is 15.7. The van der Waals surface area contributed by atoms with Crippen molar-refractivity contribution < 1.29 is 14.2 Å². The van der Waals surface area contributed by atoms with E-state index in [2.05, 4.69) is 4.99 Å². The number of nitrogens with zero attached hydrogens (tertiary/aromatic N) is 2. The fourth-order valence-corrected chi connectivity index (χ4v) is 2.49. The van der Waals surface area contributed by atoms with E-state index in [9.17, 15) is 9.50 Å². The number of allylic oxidation sites excluding steroid dienone is 1. The summed E-state index contributed by atoms with van der Waals surface area (Å²) in [6.45, 7) is 2.48. The molecule has 1 fully saturated rings. The molecule has 3 rings (SSSR count). The highest BCUT2D eigenvalue weighted by Crippen LogP contribution is 2.23. The molecule has 0 saturated carbocycles. The number of aliphatic hydroxyl groups is 1. The van der Waals surface area contributed by atoms with E-state index >= 15 is 0 Å². The van der Waals surface area contributed by atoms with Crippen molar-refractivity contribution in [3.8, 4) is 0 Å². The second-order valence-corrected chi connectivity index (χ2v) is 5.17. The molecule has 1 aromatic carbocycles. The summed E-state index contributed by atoms with van der Waals surface area (Å²) < 4.78 is 19.6. The normalized spacial score (nSPS) is 22.4. The summed E-state index contributed by atoms with van der Waals surface area (Å²) in [5.74, 6) is -0.357. The monoisotopic (exact) mass is 304 g/mol. The topological polar surface area (TPSA) is 94.9 Å². The SMILES string of the molecule is N=C1C(N)=CC(c2ccc(N3CCOCC3)c(F)c2)=N[C@@H]1O. The van der Waals surface area contributed by atoms with Crippen molar-refractivity contribution >= 4 is 17.1 Å². The molecule has 0 aromatic heterocycles. The average molecular weight is 304 g/mol. The van der Waals surface area contributed by atoms with Gasteiger partial charge in [0, 0.05) is 18.7 Å². The van der Waals surface area contributed by atoms with Crippen LogP contribution in [-0.2, 0) is 4.74 Å². The number of nitrogens with two attached hydrogens (primary N) is 1. The number of aliphatic imine (C=N–C) groups is 1. The maximum atomic E-state index is 14.4.